The monoisotopic (exact) mass is 312 g/mol. The molecule has 0 unspecified atom stereocenters. The van der Waals surface area contributed by atoms with Crippen LogP contribution in [0.3, 0.4) is 0 Å². The molecule has 0 fully saturated rings. The van der Waals surface area contributed by atoms with E-state index in [1.54, 1.807) is 7.11 Å². The van der Waals surface area contributed by atoms with Gasteiger partial charge in [0.2, 0.25) is 0 Å². The van der Waals surface area contributed by atoms with Gasteiger partial charge in [0, 0.05) is 30.7 Å². The lowest BCUT2D eigenvalue weighted by atomic mass is 10.1. The molecule has 2 aromatic carbocycles. The number of halogens is 1. The first-order valence-electron chi connectivity index (χ1n) is 7.01. The maximum atomic E-state index is 6.37. The van der Waals surface area contributed by atoms with E-state index < -0.39 is 0 Å². The molecule has 3 aromatic rings. The number of para-hydroxylation sites is 1. The molecule has 4 heteroatoms. The van der Waals surface area contributed by atoms with Crippen molar-refractivity contribution in [3.05, 3.63) is 53.7 Å². The van der Waals surface area contributed by atoms with Crippen molar-refractivity contribution < 1.29 is 4.74 Å². The maximum absolute atomic E-state index is 6.37. The summed E-state index contributed by atoms with van der Waals surface area (Å²) in [5.41, 5.74) is 3.02. The summed E-state index contributed by atoms with van der Waals surface area (Å²) in [5.74, 6) is 0.807. The minimum Gasteiger partial charge on any atom is -0.497 e. The van der Waals surface area contributed by atoms with Crippen molar-refractivity contribution in [2.24, 2.45) is 0 Å². The van der Waals surface area contributed by atoms with Crippen molar-refractivity contribution in [1.29, 1.82) is 0 Å². The van der Waals surface area contributed by atoms with Crippen LogP contribution in [0.15, 0.2) is 48.5 Å². The van der Waals surface area contributed by atoms with Gasteiger partial charge in [-0.3, -0.25) is 0 Å². The fraction of sp³-hybridized carbons (Fsp3) is 0.167. The molecule has 0 radical (unpaired) electrons. The predicted octanol–water partition coefficient (Wildman–Crippen LogP) is 4.63. The lowest BCUT2D eigenvalue weighted by Crippen LogP contribution is -2.10. The van der Waals surface area contributed by atoms with Crippen molar-refractivity contribution in [2.75, 3.05) is 26.1 Å². The number of rotatable bonds is 3. The van der Waals surface area contributed by atoms with E-state index in [0.717, 1.165) is 33.5 Å². The Balaban J connectivity index is 2.24. The normalized spacial score (nSPS) is 10.7. The zero-order chi connectivity index (χ0) is 15.7. The molecule has 0 amide bonds. The molecule has 0 saturated carbocycles. The van der Waals surface area contributed by atoms with E-state index in [-0.39, 0.29) is 0 Å². The lowest BCUT2D eigenvalue weighted by Gasteiger charge is -2.17. The Kier molecular flexibility index (Phi) is 3.90. The molecule has 0 aliphatic heterocycles. The fourth-order valence-corrected chi connectivity index (χ4v) is 2.80. The van der Waals surface area contributed by atoms with Crippen molar-refractivity contribution in [2.45, 2.75) is 0 Å². The molecule has 0 aliphatic rings. The summed E-state index contributed by atoms with van der Waals surface area (Å²) >= 11 is 6.37. The van der Waals surface area contributed by atoms with Gasteiger partial charge in [-0.15, -0.1) is 0 Å². The van der Waals surface area contributed by atoms with Crippen molar-refractivity contribution >= 4 is 28.1 Å². The summed E-state index contributed by atoms with van der Waals surface area (Å²) in [6.45, 7) is 0. The molecule has 0 atom stereocenters. The average Bonchev–Trinajstić information content (AvgIpc) is 2.54. The van der Waals surface area contributed by atoms with Gasteiger partial charge in [-0.2, -0.15) is 0 Å². The molecular formula is C18H17ClN2O. The highest BCUT2D eigenvalue weighted by Crippen LogP contribution is 2.33. The molecule has 3 rings (SSSR count). The summed E-state index contributed by atoms with van der Waals surface area (Å²) < 4.78 is 5.30. The number of ether oxygens (including phenoxy) is 1. The molecule has 0 bridgehead atoms. The summed E-state index contributed by atoms with van der Waals surface area (Å²) in [7, 11) is 5.70. The van der Waals surface area contributed by atoms with Gasteiger partial charge in [0.1, 0.15) is 10.9 Å². The van der Waals surface area contributed by atoms with Crippen LogP contribution in [0.1, 0.15) is 0 Å². The first-order chi connectivity index (χ1) is 10.6. The Morgan fingerprint density at radius 1 is 1.05 bits per heavy atom. The van der Waals surface area contributed by atoms with Gasteiger partial charge in [0.15, 0.2) is 0 Å². The second kappa shape index (κ2) is 5.85. The Morgan fingerprint density at radius 2 is 1.82 bits per heavy atom. The number of fused-ring (bicyclic) bond motifs is 1. The molecule has 0 spiro atoms. The molecule has 0 saturated heterocycles. The van der Waals surface area contributed by atoms with E-state index in [0.29, 0.717) is 5.15 Å². The molecule has 112 valence electrons. The quantitative estimate of drug-likeness (QED) is 0.659. The largest absolute Gasteiger partial charge is 0.497 e. The van der Waals surface area contributed by atoms with E-state index in [9.17, 15) is 0 Å². The third-order valence-corrected chi connectivity index (χ3v) is 3.94. The lowest BCUT2D eigenvalue weighted by molar-refractivity contribution is 0.415. The van der Waals surface area contributed by atoms with E-state index in [1.165, 1.54) is 0 Å². The van der Waals surface area contributed by atoms with Crippen LogP contribution >= 0.6 is 11.6 Å². The van der Waals surface area contributed by atoms with Gasteiger partial charge in [-0.05, 0) is 35.7 Å². The summed E-state index contributed by atoms with van der Waals surface area (Å²) in [6.07, 6.45) is 0. The molecule has 22 heavy (non-hydrogen) atoms. The van der Waals surface area contributed by atoms with Crippen LogP contribution in [0.25, 0.3) is 22.0 Å². The molecular weight excluding hydrogens is 296 g/mol. The minimum atomic E-state index is 0.503. The van der Waals surface area contributed by atoms with Gasteiger partial charge in [-0.25, -0.2) is 4.98 Å². The number of aromatic nitrogens is 1. The number of hydrogen-bond acceptors (Lipinski definition) is 3. The molecule has 1 aromatic heterocycles. The number of methoxy groups -OCH3 is 1. The first kappa shape index (κ1) is 14.7. The summed E-state index contributed by atoms with van der Waals surface area (Å²) in [6, 6.07) is 16.0. The highest BCUT2D eigenvalue weighted by Gasteiger charge is 2.11. The van der Waals surface area contributed by atoms with Crippen LogP contribution in [0.4, 0.5) is 5.69 Å². The third-order valence-electron chi connectivity index (χ3n) is 3.65. The number of nitrogens with zero attached hydrogens (tertiary/aromatic N) is 2. The van der Waals surface area contributed by atoms with Crippen LogP contribution in [0.5, 0.6) is 5.75 Å². The van der Waals surface area contributed by atoms with Gasteiger partial charge < -0.3 is 9.64 Å². The maximum Gasteiger partial charge on any atom is 0.137 e. The zero-order valence-electron chi connectivity index (χ0n) is 12.8. The van der Waals surface area contributed by atoms with Crippen LogP contribution in [0.2, 0.25) is 5.15 Å². The van der Waals surface area contributed by atoms with Gasteiger partial charge in [0.05, 0.1) is 12.8 Å². The predicted molar refractivity (Wildman–Crippen MR) is 93.1 cm³/mol. The zero-order valence-corrected chi connectivity index (χ0v) is 13.6. The topological polar surface area (TPSA) is 25.4 Å². The second-order valence-corrected chi connectivity index (χ2v) is 5.65. The van der Waals surface area contributed by atoms with Crippen LogP contribution in [0, 0.1) is 0 Å². The van der Waals surface area contributed by atoms with Gasteiger partial charge >= 0.3 is 0 Å². The Morgan fingerprint density at radius 3 is 2.55 bits per heavy atom. The van der Waals surface area contributed by atoms with E-state index >= 15 is 0 Å². The summed E-state index contributed by atoms with van der Waals surface area (Å²) in [5, 5.41) is 2.44. The van der Waals surface area contributed by atoms with Crippen LogP contribution < -0.4 is 9.64 Å². The molecule has 3 nitrogen and oxygen atoms in total. The highest BCUT2D eigenvalue weighted by molar-refractivity contribution is 6.34. The molecule has 0 aliphatic carbocycles. The first-order valence-corrected chi connectivity index (χ1v) is 7.39. The number of anilines is 1. The number of benzene rings is 2. The standard InChI is InChI=1S/C18H17ClN2O/c1-21(2)17-7-5-4-6-15(17)16-11-12-10-13(22-3)8-9-14(12)18(19)20-16/h4-11H,1-3H3. The van der Waals surface area contributed by atoms with Crippen LogP contribution in [-0.2, 0) is 0 Å². The van der Waals surface area contributed by atoms with E-state index in [2.05, 4.69) is 22.0 Å². The smallest absolute Gasteiger partial charge is 0.137 e. The van der Waals surface area contributed by atoms with E-state index in [1.807, 2.05) is 50.5 Å². The number of hydrogen-bond donors (Lipinski definition) is 0. The SMILES string of the molecule is COc1ccc2c(Cl)nc(-c3ccccc3N(C)C)cc2c1. The molecule has 0 N–H and O–H groups in total. The van der Waals surface area contributed by atoms with Gasteiger partial charge in [0.25, 0.3) is 0 Å². The second-order valence-electron chi connectivity index (χ2n) is 5.30. The minimum absolute atomic E-state index is 0.503. The van der Waals surface area contributed by atoms with Crippen molar-refractivity contribution in [3.63, 3.8) is 0 Å². The molecule has 1 heterocycles. The Labute approximate surface area is 135 Å². The fourth-order valence-electron chi connectivity index (χ4n) is 2.54. The number of pyridine rings is 1. The van der Waals surface area contributed by atoms with Gasteiger partial charge in [-0.1, -0.05) is 29.8 Å². The highest BCUT2D eigenvalue weighted by atomic mass is 35.5. The average molecular weight is 313 g/mol. The Hall–Kier alpha value is -2.26. The summed E-state index contributed by atoms with van der Waals surface area (Å²) in [4.78, 5) is 6.64. The van der Waals surface area contributed by atoms with Crippen molar-refractivity contribution in [1.82, 2.24) is 4.98 Å². The van der Waals surface area contributed by atoms with Crippen molar-refractivity contribution in [3.8, 4) is 17.0 Å². The van der Waals surface area contributed by atoms with E-state index in [4.69, 9.17) is 16.3 Å². The van der Waals surface area contributed by atoms with Crippen LogP contribution in [-0.4, -0.2) is 26.2 Å². The Bertz CT molecular complexity index is 830. The third kappa shape index (κ3) is 2.60.